The van der Waals surface area contributed by atoms with E-state index in [1.807, 2.05) is 18.2 Å². The topological polar surface area (TPSA) is 32.3 Å². The van der Waals surface area contributed by atoms with E-state index in [1.54, 1.807) is 0 Å². The van der Waals surface area contributed by atoms with Gasteiger partial charge in [-0.05, 0) is 69.4 Å². The van der Waals surface area contributed by atoms with E-state index >= 15 is 0 Å². The summed E-state index contributed by atoms with van der Waals surface area (Å²) >= 11 is 6.87. The molecule has 3 atom stereocenters. The summed E-state index contributed by atoms with van der Waals surface area (Å²) in [5.74, 6) is 1.57. The number of benzene rings is 1. The van der Waals surface area contributed by atoms with Crippen molar-refractivity contribution in [3.05, 3.63) is 30.3 Å². The van der Waals surface area contributed by atoms with Gasteiger partial charge in [0.05, 0.1) is 5.41 Å². The van der Waals surface area contributed by atoms with Crippen LogP contribution in [0.1, 0.15) is 45.4 Å². The Balaban J connectivity index is 1.39. The fourth-order valence-corrected chi connectivity index (χ4v) is 6.59. The highest BCUT2D eigenvalue weighted by molar-refractivity contribution is 6.24. The highest BCUT2D eigenvalue weighted by atomic mass is 35.5. The first-order valence-electron chi connectivity index (χ1n) is 9.64. The molecule has 4 fully saturated rings. The Labute approximate surface area is 156 Å². The predicted molar refractivity (Wildman–Crippen MR) is 103 cm³/mol. The fraction of sp³-hybridized carbons (Fsp3) is 0.667. The molecule has 0 aromatic heterocycles. The maximum Gasteiger partial charge on any atom is 0.226 e. The van der Waals surface area contributed by atoms with Crippen LogP contribution < -0.4 is 10.2 Å². The van der Waals surface area contributed by atoms with Crippen LogP contribution in [0.5, 0.6) is 0 Å². The number of anilines is 1. The van der Waals surface area contributed by atoms with Crippen LogP contribution in [0.25, 0.3) is 0 Å². The Bertz CT molecular complexity index is 633. The Kier molecular flexibility index (Phi) is 4.26. The first-order chi connectivity index (χ1) is 11.9. The number of amides is 1. The van der Waals surface area contributed by atoms with Crippen molar-refractivity contribution in [3.8, 4) is 0 Å². The molecule has 5 rings (SSSR count). The summed E-state index contributed by atoms with van der Waals surface area (Å²) in [6, 6.07) is 10.6. The number of alkyl halides is 1. The molecule has 0 radical (unpaired) electrons. The number of carbonyl (C=O) groups excluding carboxylic acids is 1. The lowest BCUT2D eigenvalue weighted by atomic mass is 9.49. The maximum absolute atomic E-state index is 13.1. The summed E-state index contributed by atoms with van der Waals surface area (Å²) in [6.45, 7) is 2.84. The molecule has 1 aromatic rings. The molecule has 4 saturated carbocycles. The average molecular weight is 361 g/mol. The minimum Gasteiger partial charge on any atom is -0.370 e. The standard InChI is InChI=1S/C21H29ClN2O/c1-15(24(2)18-6-4-3-5-7-18)13-23-19(25)20-9-16-8-17(10-20)12-21(22,11-16)14-20/h3-7,15-17H,8-14H2,1-2H3,(H,23,25)/t15-,16+,17+,20?,21?/m0/s1. The molecule has 0 saturated heterocycles. The summed E-state index contributed by atoms with van der Waals surface area (Å²) in [7, 11) is 2.09. The SMILES string of the molecule is C[C@@H](CNC(=O)C12C[C@H]3C[C@@H](CC(Cl)(C3)C1)C2)N(C)c1ccccc1. The molecular weight excluding hydrogens is 332 g/mol. The van der Waals surface area contributed by atoms with Gasteiger partial charge in [-0.3, -0.25) is 4.79 Å². The van der Waals surface area contributed by atoms with E-state index in [4.69, 9.17) is 11.6 Å². The van der Waals surface area contributed by atoms with Gasteiger partial charge in [-0.25, -0.2) is 0 Å². The third kappa shape index (κ3) is 3.16. The highest BCUT2D eigenvalue weighted by Crippen LogP contribution is 2.63. The van der Waals surface area contributed by atoms with Crippen molar-refractivity contribution in [2.75, 3.05) is 18.5 Å². The van der Waals surface area contributed by atoms with Crippen molar-refractivity contribution < 1.29 is 4.79 Å². The van der Waals surface area contributed by atoms with Gasteiger partial charge in [0.2, 0.25) is 5.91 Å². The summed E-state index contributed by atoms with van der Waals surface area (Å²) in [6.07, 6.45) is 6.50. The Morgan fingerprint density at radius 3 is 2.48 bits per heavy atom. The van der Waals surface area contributed by atoms with Crippen molar-refractivity contribution in [1.82, 2.24) is 5.32 Å². The van der Waals surface area contributed by atoms with E-state index in [0.29, 0.717) is 18.4 Å². The first-order valence-corrected chi connectivity index (χ1v) is 10.0. The molecule has 4 aliphatic rings. The molecule has 0 spiro atoms. The molecule has 4 aliphatic carbocycles. The number of carbonyl (C=O) groups is 1. The lowest BCUT2D eigenvalue weighted by Crippen LogP contribution is -2.59. The zero-order chi connectivity index (χ0) is 17.7. The third-order valence-electron chi connectivity index (χ3n) is 6.85. The number of hydrogen-bond acceptors (Lipinski definition) is 2. The zero-order valence-electron chi connectivity index (χ0n) is 15.3. The maximum atomic E-state index is 13.1. The van der Waals surface area contributed by atoms with Crippen LogP contribution in [-0.2, 0) is 4.79 Å². The molecule has 1 N–H and O–H groups in total. The molecule has 136 valence electrons. The van der Waals surface area contributed by atoms with Gasteiger partial charge in [-0.15, -0.1) is 11.6 Å². The molecule has 4 heteroatoms. The lowest BCUT2D eigenvalue weighted by molar-refractivity contribution is -0.144. The van der Waals surface area contributed by atoms with Crippen molar-refractivity contribution in [2.24, 2.45) is 17.3 Å². The number of nitrogens with one attached hydrogen (secondary N) is 1. The van der Waals surface area contributed by atoms with Gasteiger partial charge in [-0.2, -0.15) is 0 Å². The second kappa shape index (κ2) is 6.19. The van der Waals surface area contributed by atoms with Crippen LogP contribution in [0.2, 0.25) is 0 Å². The molecule has 3 nitrogen and oxygen atoms in total. The van der Waals surface area contributed by atoms with Crippen molar-refractivity contribution in [3.63, 3.8) is 0 Å². The van der Waals surface area contributed by atoms with Gasteiger partial charge in [0.1, 0.15) is 0 Å². The van der Waals surface area contributed by atoms with E-state index in [0.717, 1.165) is 32.1 Å². The average Bonchev–Trinajstić information content (AvgIpc) is 2.57. The van der Waals surface area contributed by atoms with Crippen LogP contribution in [0.4, 0.5) is 5.69 Å². The number of nitrogens with zero attached hydrogens (tertiary/aromatic N) is 1. The zero-order valence-corrected chi connectivity index (χ0v) is 16.1. The number of halogens is 1. The molecule has 1 amide bonds. The van der Waals surface area contributed by atoms with E-state index < -0.39 is 0 Å². The van der Waals surface area contributed by atoms with Crippen molar-refractivity contribution in [1.29, 1.82) is 0 Å². The van der Waals surface area contributed by atoms with Crippen LogP contribution >= 0.6 is 11.6 Å². The van der Waals surface area contributed by atoms with Crippen molar-refractivity contribution in [2.45, 2.75) is 56.4 Å². The second-order valence-electron chi connectivity index (χ2n) is 8.90. The molecule has 0 heterocycles. The second-order valence-corrected chi connectivity index (χ2v) is 9.70. The minimum atomic E-state index is -0.198. The Hall–Kier alpha value is -1.22. The van der Waals surface area contributed by atoms with E-state index in [1.165, 1.54) is 12.1 Å². The largest absolute Gasteiger partial charge is 0.370 e. The lowest BCUT2D eigenvalue weighted by Gasteiger charge is -2.59. The number of likely N-dealkylation sites (N-methyl/N-ethyl adjacent to an activating group) is 1. The normalized spacial score (nSPS) is 36.9. The molecule has 0 unspecified atom stereocenters. The quantitative estimate of drug-likeness (QED) is 0.798. The monoisotopic (exact) mass is 360 g/mol. The van der Waals surface area contributed by atoms with Gasteiger partial charge in [-0.1, -0.05) is 18.2 Å². The third-order valence-corrected chi connectivity index (χ3v) is 7.30. The number of para-hydroxylation sites is 1. The van der Waals surface area contributed by atoms with Gasteiger partial charge in [0.15, 0.2) is 0 Å². The molecule has 0 aliphatic heterocycles. The fourth-order valence-electron chi connectivity index (χ4n) is 5.90. The summed E-state index contributed by atoms with van der Waals surface area (Å²) in [4.78, 5) is 15.2. The smallest absolute Gasteiger partial charge is 0.226 e. The highest BCUT2D eigenvalue weighted by Gasteiger charge is 2.59. The van der Waals surface area contributed by atoms with Crippen LogP contribution in [0.15, 0.2) is 30.3 Å². The summed E-state index contributed by atoms with van der Waals surface area (Å²) in [5, 5.41) is 3.27. The summed E-state index contributed by atoms with van der Waals surface area (Å²) < 4.78 is 0. The van der Waals surface area contributed by atoms with Gasteiger partial charge < -0.3 is 10.2 Å². The predicted octanol–water partition coefficient (Wildman–Crippen LogP) is 4.21. The van der Waals surface area contributed by atoms with E-state index in [9.17, 15) is 4.79 Å². The Morgan fingerprint density at radius 1 is 1.24 bits per heavy atom. The van der Waals surface area contributed by atoms with Gasteiger partial charge in [0, 0.05) is 30.2 Å². The summed E-state index contributed by atoms with van der Waals surface area (Å²) in [5.41, 5.74) is 0.982. The van der Waals surface area contributed by atoms with E-state index in [2.05, 4.69) is 36.3 Å². The molecular formula is C21H29ClN2O. The van der Waals surface area contributed by atoms with Crippen molar-refractivity contribution >= 4 is 23.2 Å². The minimum absolute atomic E-state index is 0.103. The molecule has 4 bridgehead atoms. The van der Waals surface area contributed by atoms with Crippen LogP contribution in [0, 0.1) is 17.3 Å². The Morgan fingerprint density at radius 2 is 1.88 bits per heavy atom. The number of hydrogen-bond donors (Lipinski definition) is 1. The van der Waals surface area contributed by atoms with Gasteiger partial charge in [0.25, 0.3) is 0 Å². The molecule has 1 aromatic carbocycles. The number of rotatable bonds is 5. The van der Waals surface area contributed by atoms with Crippen LogP contribution in [-0.4, -0.2) is 30.4 Å². The van der Waals surface area contributed by atoms with E-state index in [-0.39, 0.29) is 22.2 Å². The first kappa shape index (κ1) is 17.2. The molecule has 25 heavy (non-hydrogen) atoms. The van der Waals surface area contributed by atoms with Gasteiger partial charge >= 0.3 is 0 Å². The van der Waals surface area contributed by atoms with Crippen LogP contribution in [0.3, 0.4) is 0 Å².